The van der Waals surface area contributed by atoms with Crippen molar-refractivity contribution in [1.82, 2.24) is 15.1 Å². The molecule has 134 valence electrons. The van der Waals surface area contributed by atoms with Crippen LogP contribution in [0, 0.1) is 0 Å². The van der Waals surface area contributed by atoms with Gasteiger partial charge in [-0.2, -0.15) is 13.2 Å². The molecule has 25 heavy (non-hydrogen) atoms. The molecule has 0 spiro atoms. The maximum Gasteiger partial charge on any atom is 0.416 e. The summed E-state index contributed by atoms with van der Waals surface area (Å²) in [4.78, 5) is 14.4. The van der Waals surface area contributed by atoms with E-state index < -0.39 is 17.8 Å². The van der Waals surface area contributed by atoms with Gasteiger partial charge in [0, 0.05) is 6.04 Å². The zero-order valence-electron chi connectivity index (χ0n) is 13.4. The molecule has 1 saturated carbocycles. The van der Waals surface area contributed by atoms with Crippen LogP contribution in [-0.2, 0) is 11.0 Å². The summed E-state index contributed by atoms with van der Waals surface area (Å²) in [6, 6.07) is 4.90. The van der Waals surface area contributed by atoms with Crippen LogP contribution in [-0.4, -0.2) is 32.8 Å². The number of nitrogens with zero attached hydrogens (tertiary/aromatic N) is 3. The number of benzene rings is 1. The average molecular weight is 387 g/mol. The molecule has 1 fully saturated rings. The number of carbonyl (C=O) groups is 1. The maximum atomic E-state index is 12.9. The van der Waals surface area contributed by atoms with E-state index in [1.54, 1.807) is 23.4 Å². The molecule has 3 rings (SSSR count). The van der Waals surface area contributed by atoms with E-state index >= 15 is 0 Å². The van der Waals surface area contributed by atoms with Crippen LogP contribution >= 0.6 is 23.1 Å². The highest BCUT2D eigenvalue weighted by Gasteiger charge is 2.37. The number of aromatic nitrogens is 2. The van der Waals surface area contributed by atoms with E-state index in [1.807, 2.05) is 0 Å². The summed E-state index contributed by atoms with van der Waals surface area (Å²) in [6.45, 7) is 1.78. The van der Waals surface area contributed by atoms with Gasteiger partial charge in [0.15, 0.2) is 4.34 Å². The van der Waals surface area contributed by atoms with Gasteiger partial charge in [-0.05, 0) is 37.5 Å². The van der Waals surface area contributed by atoms with E-state index in [9.17, 15) is 18.0 Å². The van der Waals surface area contributed by atoms with E-state index in [1.165, 1.54) is 29.2 Å². The molecule has 0 N–H and O–H groups in total. The Morgan fingerprint density at radius 1 is 1.44 bits per heavy atom. The summed E-state index contributed by atoms with van der Waals surface area (Å²) in [7, 11) is 0. The molecule has 2 aromatic rings. The van der Waals surface area contributed by atoms with Crippen LogP contribution in [0.4, 0.5) is 13.2 Å². The maximum absolute atomic E-state index is 12.9. The highest BCUT2D eigenvalue weighted by atomic mass is 32.2. The molecule has 0 radical (unpaired) electrons. The Hall–Kier alpha value is -1.61. The number of rotatable bonds is 6. The summed E-state index contributed by atoms with van der Waals surface area (Å²) in [5.41, 5.74) is 1.40. The van der Waals surface area contributed by atoms with E-state index in [2.05, 4.69) is 10.2 Å². The van der Waals surface area contributed by atoms with Crippen molar-refractivity contribution in [3.63, 3.8) is 0 Å². The minimum atomic E-state index is -4.39. The van der Waals surface area contributed by atoms with E-state index in [-0.39, 0.29) is 17.7 Å². The first-order chi connectivity index (χ1) is 11.9. The van der Waals surface area contributed by atoms with Gasteiger partial charge in [-0.15, -0.1) is 10.2 Å². The topological polar surface area (TPSA) is 46.1 Å². The largest absolute Gasteiger partial charge is 0.416 e. The minimum Gasteiger partial charge on any atom is -0.332 e. The van der Waals surface area contributed by atoms with Crippen molar-refractivity contribution >= 4 is 29.0 Å². The van der Waals surface area contributed by atoms with Crippen molar-refractivity contribution < 1.29 is 18.0 Å². The summed E-state index contributed by atoms with van der Waals surface area (Å²) in [5.74, 6) is 0.113. The number of halogens is 3. The monoisotopic (exact) mass is 387 g/mol. The van der Waals surface area contributed by atoms with Crippen LogP contribution < -0.4 is 0 Å². The predicted octanol–water partition coefficient (Wildman–Crippen LogP) is 4.40. The molecule has 1 amide bonds. The third-order valence-corrected chi connectivity index (χ3v) is 5.85. The first kappa shape index (κ1) is 18.2. The zero-order chi connectivity index (χ0) is 18.0. The quantitative estimate of drug-likeness (QED) is 0.689. The highest BCUT2D eigenvalue weighted by molar-refractivity contribution is 8.01. The Bertz CT molecular complexity index is 732. The van der Waals surface area contributed by atoms with Gasteiger partial charge in [0.05, 0.1) is 17.4 Å². The second kappa shape index (κ2) is 7.33. The van der Waals surface area contributed by atoms with Crippen molar-refractivity contribution in [1.29, 1.82) is 0 Å². The number of amides is 1. The van der Waals surface area contributed by atoms with Crippen LogP contribution in [0.25, 0.3) is 0 Å². The number of hydrogen-bond acceptors (Lipinski definition) is 5. The Morgan fingerprint density at radius 3 is 2.80 bits per heavy atom. The van der Waals surface area contributed by atoms with Gasteiger partial charge in [-0.3, -0.25) is 4.79 Å². The highest BCUT2D eigenvalue weighted by Crippen LogP contribution is 2.37. The van der Waals surface area contributed by atoms with Crippen molar-refractivity contribution in [2.24, 2.45) is 0 Å². The summed E-state index contributed by atoms with van der Waals surface area (Å²) in [6.07, 6.45) is -2.62. The fourth-order valence-electron chi connectivity index (χ4n) is 2.65. The second-order valence-corrected chi connectivity index (χ2v) is 7.88. The lowest BCUT2D eigenvalue weighted by Gasteiger charge is -2.30. The third-order valence-electron chi connectivity index (χ3n) is 4.00. The molecular weight excluding hydrogens is 371 g/mol. The van der Waals surface area contributed by atoms with E-state index in [4.69, 9.17) is 0 Å². The minimum absolute atomic E-state index is 0.0902. The number of alkyl halides is 3. The molecule has 4 nitrogen and oxygen atoms in total. The molecule has 0 bridgehead atoms. The van der Waals surface area contributed by atoms with E-state index in [0.717, 1.165) is 25.0 Å². The van der Waals surface area contributed by atoms with Gasteiger partial charge in [0.2, 0.25) is 5.91 Å². The molecule has 9 heteroatoms. The second-order valence-electron chi connectivity index (χ2n) is 5.82. The summed E-state index contributed by atoms with van der Waals surface area (Å²) in [5, 5.41) is 7.61. The van der Waals surface area contributed by atoms with Gasteiger partial charge in [-0.25, -0.2) is 0 Å². The number of carbonyl (C=O) groups excluding carboxylic acids is 1. The Labute approximate surface area is 151 Å². The number of hydrogen-bond donors (Lipinski definition) is 0. The van der Waals surface area contributed by atoms with Gasteiger partial charge < -0.3 is 4.90 Å². The Balaban J connectivity index is 1.75. The molecular formula is C16H16F3N3OS2. The summed E-state index contributed by atoms with van der Waals surface area (Å²) < 4.78 is 39.5. The lowest BCUT2D eigenvalue weighted by Crippen LogP contribution is -2.36. The molecule has 1 unspecified atom stereocenters. The first-order valence-electron chi connectivity index (χ1n) is 7.73. The normalized spacial score (nSPS) is 15.8. The fourth-order valence-corrected chi connectivity index (χ4v) is 4.01. The molecule has 0 saturated heterocycles. The summed E-state index contributed by atoms with van der Waals surface area (Å²) >= 11 is 2.66. The van der Waals surface area contributed by atoms with Crippen LogP contribution in [0.3, 0.4) is 0 Å². The fraction of sp³-hybridized carbons (Fsp3) is 0.438. The average Bonchev–Trinajstić information content (AvgIpc) is 3.26. The van der Waals surface area contributed by atoms with E-state index in [0.29, 0.717) is 9.90 Å². The first-order valence-corrected chi connectivity index (χ1v) is 9.60. The molecule has 1 aromatic heterocycles. The Kier molecular flexibility index (Phi) is 5.33. The van der Waals surface area contributed by atoms with Crippen molar-refractivity contribution in [3.05, 3.63) is 40.9 Å². The smallest absolute Gasteiger partial charge is 0.332 e. The van der Waals surface area contributed by atoms with Crippen molar-refractivity contribution in [3.8, 4) is 0 Å². The third kappa shape index (κ3) is 4.52. The van der Waals surface area contributed by atoms with Crippen LogP contribution in [0.5, 0.6) is 0 Å². The van der Waals surface area contributed by atoms with Gasteiger partial charge >= 0.3 is 6.18 Å². The molecule has 0 aliphatic heterocycles. The Morgan fingerprint density at radius 2 is 2.20 bits per heavy atom. The van der Waals surface area contributed by atoms with Crippen LogP contribution in [0.2, 0.25) is 0 Å². The van der Waals surface area contributed by atoms with Crippen molar-refractivity contribution in [2.45, 2.75) is 42.4 Å². The molecule has 1 atom stereocenters. The lowest BCUT2D eigenvalue weighted by atomic mass is 10.0. The lowest BCUT2D eigenvalue weighted by molar-refractivity contribution is -0.137. The van der Waals surface area contributed by atoms with Gasteiger partial charge in [-0.1, -0.05) is 35.2 Å². The van der Waals surface area contributed by atoms with Gasteiger partial charge in [0.25, 0.3) is 0 Å². The standard InChI is InChI=1S/C16H16F3N3OS2/c1-10(11-3-2-4-12(7-11)16(17,18)19)22(13-5-6-13)14(23)8-24-15-21-20-9-25-15/h2-4,7,9-10,13H,5-6,8H2,1H3. The van der Waals surface area contributed by atoms with Crippen molar-refractivity contribution in [2.75, 3.05) is 5.75 Å². The zero-order valence-corrected chi connectivity index (χ0v) is 15.0. The van der Waals surface area contributed by atoms with Gasteiger partial charge in [0.1, 0.15) is 5.51 Å². The van der Waals surface area contributed by atoms with Crippen LogP contribution in [0.15, 0.2) is 34.1 Å². The predicted molar refractivity (Wildman–Crippen MR) is 90.4 cm³/mol. The van der Waals surface area contributed by atoms with Crippen LogP contribution in [0.1, 0.15) is 36.9 Å². The molecule has 1 aliphatic carbocycles. The molecule has 1 aromatic carbocycles. The number of thioether (sulfide) groups is 1. The molecule has 1 heterocycles. The molecule has 1 aliphatic rings. The SMILES string of the molecule is CC(c1cccc(C(F)(F)F)c1)N(C(=O)CSc1nncs1)C1CC1.